The maximum atomic E-state index is 12.2. The molecule has 2 aromatic heterocycles. The second kappa shape index (κ2) is 7.95. The van der Waals surface area contributed by atoms with Crippen LogP contribution >= 0.6 is 0 Å². The van der Waals surface area contributed by atoms with Gasteiger partial charge in [0.15, 0.2) is 0 Å². The fraction of sp³-hybridized carbons (Fsp3) is 0.130. The molecule has 0 radical (unpaired) electrons. The maximum absolute atomic E-state index is 12.2. The molecule has 0 fully saturated rings. The molecule has 4 aromatic rings. The average Bonchev–Trinajstić information content (AvgIpc) is 3.38. The van der Waals surface area contributed by atoms with Crippen LogP contribution in [0.15, 0.2) is 77.1 Å². The highest BCUT2D eigenvalue weighted by Crippen LogP contribution is 2.31. The first-order valence-corrected chi connectivity index (χ1v) is 9.39. The third kappa shape index (κ3) is 3.58. The number of aromatic nitrogens is 1. The highest BCUT2D eigenvalue weighted by atomic mass is 16.3. The van der Waals surface area contributed by atoms with Crippen molar-refractivity contribution in [3.63, 3.8) is 0 Å². The first kappa shape index (κ1) is 18.4. The molecule has 0 aliphatic heterocycles. The number of hydrogen-bond acceptors (Lipinski definition) is 4. The smallest absolute Gasteiger partial charge is 0.263 e. The number of carbonyl (C=O) groups excluding carboxylic acids is 1. The van der Waals surface area contributed by atoms with E-state index in [4.69, 9.17) is 4.42 Å². The van der Waals surface area contributed by atoms with Gasteiger partial charge in [-0.2, -0.15) is 5.26 Å². The van der Waals surface area contributed by atoms with E-state index in [0.29, 0.717) is 5.76 Å². The number of nitriles is 1. The van der Waals surface area contributed by atoms with Gasteiger partial charge in [-0.3, -0.25) is 4.79 Å². The van der Waals surface area contributed by atoms with E-state index in [1.165, 1.54) is 23.4 Å². The molecule has 144 valence electrons. The molecule has 0 atom stereocenters. The fourth-order valence-electron chi connectivity index (χ4n) is 3.46. The van der Waals surface area contributed by atoms with Crippen molar-refractivity contribution < 1.29 is 9.21 Å². The Balaban J connectivity index is 1.57. The van der Waals surface area contributed by atoms with Crippen LogP contribution in [0.2, 0.25) is 0 Å². The normalized spacial score (nSPS) is 11.5. The summed E-state index contributed by atoms with van der Waals surface area (Å²) in [6, 6.07) is 19.8. The Morgan fingerprint density at radius 3 is 2.72 bits per heavy atom. The summed E-state index contributed by atoms with van der Waals surface area (Å²) in [6.07, 6.45) is 2.97. The van der Waals surface area contributed by atoms with Crippen LogP contribution < -0.4 is 10.6 Å². The van der Waals surface area contributed by atoms with E-state index in [-0.39, 0.29) is 12.1 Å². The van der Waals surface area contributed by atoms with Gasteiger partial charge in [-0.25, -0.2) is 0 Å². The molecule has 2 aromatic carbocycles. The number of nitrogens with one attached hydrogen (secondary N) is 2. The average molecular weight is 384 g/mol. The molecule has 0 saturated carbocycles. The summed E-state index contributed by atoms with van der Waals surface area (Å²) in [5.74, 6) is 0.168. The Bertz CT molecular complexity index is 1240. The second-order valence-electron chi connectivity index (χ2n) is 6.57. The van der Waals surface area contributed by atoms with E-state index < -0.39 is 5.91 Å². The van der Waals surface area contributed by atoms with Crippen LogP contribution in [-0.4, -0.2) is 10.5 Å². The summed E-state index contributed by atoms with van der Waals surface area (Å²) in [4.78, 5) is 12.2. The molecule has 2 N–H and O–H groups in total. The zero-order valence-electron chi connectivity index (χ0n) is 16.0. The Kier molecular flexibility index (Phi) is 5.04. The number of fused-ring (bicyclic) bond motifs is 3. The van der Waals surface area contributed by atoms with Gasteiger partial charge >= 0.3 is 0 Å². The fourth-order valence-corrected chi connectivity index (χ4v) is 3.46. The molecule has 0 unspecified atom stereocenters. The predicted molar refractivity (Wildman–Crippen MR) is 113 cm³/mol. The number of nitrogens with zero attached hydrogens (tertiary/aromatic N) is 2. The first-order valence-electron chi connectivity index (χ1n) is 9.39. The molecule has 0 spiro atoms. The number of furan rings is 1. The van der Waals surface area contributed by atoms with E-state index in [2.05, 4.69) is 40.3 Å². The number of rotatable bonds is 6. The monoisotopic (exact) mass is 384 g/mol. The molecule has 29 heavy (non-hydrogen) atoms. The highest BCUT2D eigenvalue weighted by molar-refractivity contribution is 6.09. The summed E-state index contributed by atoms with van der Waals surface area (Å²) < 4.78 is 7.45. The Morgan fingerprint density at radius 1 is 1.14 bits per heavy atom. The lowest BCUT2D eigenvalue weighted by Gasteiger charge is -2.06. The molecule has 0 aliphatic rings. The Labute approximate surface area is 168 Å². The molecule has 1 amide bonds. The number of amides is 1. The lowest BCUT2D eigenvalue weighted by atomic mass is 10.1. The van der Waals surface area contributed by atoms with Crippen LogP contribution in [-0.2, 0) is 17.9 Å². The van der Waals surface area contributed by atoms with E-state index in [1.807, 2.05) is 30.3 Å². The standard InChI is InChI=1S/C23H20N4O2/c1-2-27-21-8-4-3-7-19(21)20-12-17(9-10-22(20)27)25-14-16(13-24)23(28)26-15-18-6-5-11-29-18/h3-12,14,25H,2,15H2,1H3,(H,26,28). The summed E-state index contributed by atoms with van der Waals surface area (Å²) in [5.41, 5.74) is 3.14. The van der Waals surface area contributed by atoms with Gasteiger partial charge in [0.05, 0.1) is 12.8 Å². The number of benzene rings is 2. The number of hydrogen-bond donors (Lipinski definition) is 2. The van der Waals surface area contributed by atoms with Gasteiger partial charge in [0, 0.05) is 40.2 Å². The number of carbonyl (C=O) groups is 1. The van der Waals surface area contributed by atoms with Gasteiger partial charge in [0.2, 0.25) is 0 Å². The van der Waals surface area contributed by atoms with E-state index in [9.17, 15) is 10.1 Å². The van der Waals surface area contributed by atoms with Crippen molar-refractivity contribution in [3.8, 4) is 6.07 Å². The van der Waals surface area contributed by atoms with Crippen LogP contribution in [0, 0.1) is 11.3 Å². The van der Waals surface area contributed by atoms with Gasteiger partial charge in [-0.05, 0) is 43.3 Å². The van der Waals surface area contributed by atoms with Crippen LogP contribution in [0.5, 0.6) is 0 Å². The first-order chi connectivity index (χ1) is 14.2. The van der Waals surface area contributed by atoms with E-state index in [0.717, 1.165) is 23.1 Å². The Morgan fingerprint density at radius 2 is 1.97 bits per heavy atom. The minimum Gasteiger partial charge on any atom is -0.467 e. The summed E-state index contributed by atoms with van der Waals surface area (Å²) in [5, 5.41) is 17.4. The molecule has 6 heteroatoms. The molecule has 6 nitrogen and oxygen atoms in total. The van der Waals surface area contributed by atoms with Crippen molar-refractivity contribution >= 4 is 33.4 Å². The van der Waals surface area contributed by atoms with Gasteiger partial charge in [-0.15, -0.1) is 0 Å². The van der Waals surface area contributed by atoms with Crippen molar-refractivity contribution in [2.75, 3.05) is 5.32 Å². The topological polar surface area (TPSA) is 83.0 Å². The Hall–Kier alpha value is -3.98. The molecular weight excluding hydrogens is 364 g/mol. The molecule has 2 heterocycles. The number of anilines is 1. The summed E-state index contributed by atoms with van der Waals surface area (Å²) in [6.45, 7) is 3.24. The van der Waals surface area contributed by atoms with Crippen LogP contribution in [0.4, 0.5) is 5.69 Å². The summed E-state index contributed by atoms with van der Waals surface area (Å²) >= 11 is 0. The van der Waals surface area contributed by atoms with Crippen molar-refractivity contribution in [1.29, 1.82) is 5.26 Å². The lowest BCUT2D eigenvalue weighted by molar-refractivity contribution is -0.117. The van der Waals surface area contributed by atoms with Crippen LogP contribution in [0.3, 0.4) is 0 Å². The number of aryl methyl sites for hydroxylation is 1. The molecule has 0 saturated heterocycles. The minimum absolute atomic E-state index is 0.00682. The van der Waals surface area contributed by atoms with Gasteiger partial charge in [0.1, 0.15) is 17.4 Å². The summed E-state index contributed by atoms with van der Waals surface area (Å²) in [7, 11) is 0. The van der Waals surface area contributed by atoms with E-state index in [1.54, 1.807) is 12.1 Å². The molecule has 4 rings (SSSR count). The van der Waals surface area contributed by atoms with Crippen molar-refractivity contribution in [1.82, 2.24) is 9.88 Å². The third-order valence-electron chi connectivity index (χ3n) is 4.84. The van der Waals surface area contributed by atoms with Crippen molar-refractivity contribution in [2.24, 2.45) is 0 Å². The van der Waals surface area contributed by atoms with Gasteiger partial charge < -0.3 is 19.6 Å². The van der Waals surface area contributed by atoms with Crippen LogP contribution in [0.1, 0.15) is 12.7 Å². The van der Waals surface area contributed by atoms with E-state index >= 15 is 0 Å². The quantitative estimate of drug-likeness (QED) is 0.378. The van der Waals surface area contributed by atoms with Gasteiger partial charge in [0.25, 0.3) is 5.91 Å². The molecular formula is C23H20N4O2. The van der Waals surface area contributed by atoms with Gasteiger partial charge in [-0.1, -0.05) is 18.2 Å². The molecule has 0 bridgehead atoms. The number of para-hydroxylation sites is 1. The van der Waals surface area contributed by atoms with Crippen molar-refractivity contribution in [2.45, 2.75) is 20.0 Å². The zero-order chi connectivity index (χ0) is 20.2. The SMILES string of the molecule is CCn1c2ccccc2c2cc(NC=C(C#N)C(=O)NCc3ccco3)ccc21. The lowest BCUT2D eigenvalue weighted by Crippen LogP contribution is -2.24. The third-order valence-corrected chi connectivity index (χ3v) is 4.84. The second-order valence-corrected chi connectivity index (χ2v) is 6.57. The zero-order valence-corrected chi connectivity index (χ0v) is 16.0. The van der Waals surface area contributed by atoms with Crippen LogP contribution in [0.25, 0.3) is 21.8 Å². The largest absolute Gasteiger partial charge is 0.467 e. The highest BCUT2D eigenvalue weighted by Gasteiger charge is 2.11. The predicted octanol–water partition coefficient (Wildman–Crippen LogP) is 4.54. The molecule has 0 aliphatic carbocycles. The van der Waals surface area contributed by atoms with Crippen molar-refractivity contribution in [3.05, 3.63) is 78.4 Å². The minimum atomic E-state index is -0.458. The maximum Gasteiger partial charge on any atom is 0.263 e.